The lowest BCUT2D eigenvalue weighted by atomic mass is 10.1. The summed E-state index contributed by atoms with van der Waals surface area (Å²) in [6.07, 6.45) is 2.06. The van der Waals surface area contributed by atoms with Crippen LogP contribution in [0.4, 0.5) is 5.69 Å². The van der Waals surface area contributed by atoms with E-state index in [9.17, 15) is 9.59 Å². The number of unbranched alkanes of at least 4 members (excludes halogenated alkanes) is 1. The fraction of sp³-hybridized carbons (Fsp3) is 0.600. The van der Waals surface area contributed by atoms with Gasteiger partial charge in [-0.1, -0.05) is 11.6 Å². The van der Waals surface area contributed by atoms with Crippen LogP contribution in [0.3, 0.4) is 0 Å². The number of rotatable bonds is 10. The number of morpholine rings is 1. The number of halogens is 1. The van der Waals surface area contributed by atoms with E-state index in [2.05, 4.69) is 10.2 Å². The van der Waals surface area contributed by atoms with Gasteiger partial charge >= 0.3 is 5.97 Å². The summed E-state index contributed by atoms with van der Waals surface area (Å²) < 4.78 is 15.9. The van der Waals surface area contributed by atoms with Crippen LogP contribution in [0.1, 0.15) is 36.5 Å². The van der Waals surface area contributed by atoms with Gasteiger partial charge in [0.15, 0.2) is 0 Å². The average Bonchev–Trinajstić information content (AvgIpc) is 2.71. The number of nitrogens with zero attached hydrogens (tertiary/aromatic N) is 1. The number of hydrogen-bond acceptors (Lipinski definition) is 7. The number of anilines is 1. The van der Waals surface area contributed by atoms with E-state index in [1.54, 1.807) is 0 Å². The fourth-order valence-corrected chi connectivity index (χ4v) is 3.33. The Bertz CT molecular complexity index is 701. The molecule has 0 radical (unpaired) electrons. The van der Waals surface area contributed by atoms with Gasteiger partial charge in [0, 0.05) is 32.1 Å². The van der Waals surface area contributed by atoms with Crippen LogP contribution >= 0.6 is 11.6 Å². The van der Waals surface area contributed by atoms with Crippen LogP contribution in [0.5, 0.6) is 5.75 Å². The van der Waals surface area contributed by atoms with E-state index in [1.807, 2.05) is 6.92 Å². The van der Waals surface area contributed by atoms with E-state index in [0.29, 0.717) is 48.2 Å². The zero-order valence-corrected chi connectivity index (χ0v) is 17.8. The molecule has 8 nitrogen and oxygen atoms in total. The Hall–Kier alpha value is -2.03. The highest BCUT2D eigenvalue weighted by Crippen LogP contribution is 2.28. The van der Waals surface area contributed by atoms with Gasteiger partial charge in [0.05, 0.1) is 42.7 Å². The van der Waals surface area contributed by atoms with Gasteiger partial charge in [0.1, 0.15) is 5.75 Å². The molecule has 1 saturated heterocycles. The molecule has 0 spiro atoms. The Balaban J connectivity index is 1.77. The largest absolute Gasteiger partial charge is 0.496 e. The van der Waals surface area contributed by atoms with E-state index in [0.717, 1.165) is 32.5 Å². The molecule has 1 heterocycles. The van der Waals surface area contributed by atoms with Gasteiger partial charge in [-0.2, -0.15) is 0 Å². The monoisotopic (exact) mass is 427 g/mol. The zero-order chi connectivity index (χ0) is 21.2. The van der Waals surface area contributed by atoms with Crippen molar-refractivity contribution in [2.45, 2.75) is 32.3 Å². The molecule has 9 heteroatoms. The summed E-state index contributed by atoms with van der Waals surface area (Å²) in [5, 5.41) is 3.18. The van der Waals surface area contributed by atoms with Crippen molar-refractivity contribution < 1.29 is 23.8 Å². The van der Waals surface area contributed by atoms with E-state index in [1.165, 1.54) is 19.2 Å². The number of esters is 1. The second kappa shape index (κ2) is 11.8. The van der Waals surface area contributed by atoms with Gasteiger partial charge in [-0.15, -0.1) is 0 Å². The van der Waals surface area contributed by atoms with E-state index < -0.39 is 0 Å². The maximum atomic E-state index is 12.5. The fourth-order valence-electron chi connectivity index (χ4n) is 3.16. The number of benzene rings is 1. The SMILES string of the molecule is CCOC(=O)CCCCN1CCO[C@H](CNC(=O)c2cc(Cl)c(N)cc2OC)C1. The molecule has 1 amide bonds. The first-order valence-corrected chi connectivity index (χ1v) is 10.2. The minimum atomic E-state index is -0.293. The predicted molar refractivity (Wildman–Crippen MR) is 111 cm³/mol. The Kier molecular flexibility index (Phi) is 9.50. The molecule has 1 aliphatic heterocycles. The van der Waals surface area contributed by atoms with E-state index in [-0.39, 0.29) is 18.0 Å². The Morgan fingerprint density at radius 2 is 2.17 bits per heavy atom. The van der Waals surface area contributed by atoms with Crippen molar-refractivity contribution in [3.8, 4) is 5.75 Å². The van der Waals surface area contributed by atoms with Gasteiger partial charge < -0.3 is 25.3 Å². The van der Waals surface area contributed by atoms with E-state index >= 15 is 0 Å². The molecule has 3 N–H and O–H groups in total. The molecule has 0 bridgehead atoms. The first kappa shape index (κ1) is 23.3. The maximum Gasteiger partial charge on any atom is 0.305 e. The number of carbonyl (C=O) groups excluding carboxylic acids is 2. The van der Waals surface area contributed by atoms with Crippen LogP contribution in [0.15, 0.2) is 12.1 Å². The van der Waals surface area contributed by atoms with Crippen LogP contribution in [-0.2, 0) is 14.3 Å². The molecule has 29 heavy (non-hydrogen) atoms. The lowest BCUT2D eigenvalue weighted by Crippen LogP contribution is -2.47. The molecule has 162 valence electrons. The van der Waals surface area contributed by atoms with Crippen molar-refractivity contribution in [3.63, 3.8) is 0 Å². The summed E-state index contributed by atoms with van der Waals surface area (Å²) in [7, 11) is 1.48. The lowest BCUT2D eigenvalue weighted by Gasteiger charge is -2.33. The summed E-state index contributed by atoms with van der Waals surface area (Å²) in [5.74, 6) is -0.0654. The van der Waals surface area contributed by atoms with Gasteiger partial charge in [0.25, 0.3) is 5.91 Å². The topological polar surface area (TPSA) is 103 Å². The van der Waals surface area contributed by atoms with Crippen molar-refractivity contribution in [2.24, 2.45) is 0 Å². The molecule has 1 atom stereocenters. The highest BCUT2D eigenvalue weighted by atomic mass is 35.5. The average molecular weight is 428 g/mol. The minimum Gasteiger partial charge on any atom is -0.496 e. The molecule has 1 fully saturated rings. The molecule has 1 aromatic rings. The van der Waals surface area contributed by atoms with Crippen LogP contribution in [0.2, 0.25) is 5.02 Å². The number of nitrogen functional groups attached to an aromatic ring is 1. The first-order chi connectivity index (χ1) is 13.9. The number of ether oxygens (including phenoxy) is 3. The third-order valence-corrected chi connectivity index (χ3v) is 5.01. The second-order valence-corrected chi connectivity index (χ2v) is 7.25. The number of amides is 1. The van der Waals surface area contributed by atoms with E-state index in [4.69, 9.17) is 31.5 Å². The number of hydrogen-bond donors (Lipinski definition) is 2. The summed E-state index contributed by atoms with van der Waals surface area (Å²) in [4.78, 5) is 26.2. The van der Waals surface area contributed by atoms with Crippen LogP contribution < -0.4 is 15.8 Å². The molecule has 1 aromatic carbocycles. The Morgan fingerprint density at radius 1 is 1.38 bits per heavy atom. The number of carbonyl (C=O) groups is 2. The standard InChI is InChI=1S/C20H30ClN3O5/c1-3-28-19(25)6-4-5-7-24-8-9-29-14(13-24)12-23-20(26)15-10-16(21)17(22)11-18(15)27-2/h10-11,14H,3-9,12-13,22H2,1-2H3,(H,23,26)/t14-/m1/s1. The third-order valence-electron chi connectivity index (χ3n) is 4.69. The summed E-state index contributed by atoms with van der Waals surface area (Å²) in [6.45, 7) is 5.66. The Labute approximate surface area is 176 Å². The van der Waals surface area contributed by atoms with Crippen LogP contribution in [0.25, 0.3) is 0 Å². The molecule has 0 unspecified atom stereocenters. The molecule has 1 aliphatic rings. The summed E-state index contributed by atoms with van der Waals surface area (Å²) in [5.41, 5.74) is 6.45. The zero-order valence-electron chi connectivity index (χ0n) is 17.0. The van der Waals surface area contributed by atoms with Crippen molar-refractivity contribution in [3.05, 3.63) is 22.7 Å². The van der Waals surface area contributed by atoms with Crippen molar-refractivity contribution in [1.82, 2.24) is 10.2 Å². The highest BCUT2D eigenvalue weighted by Gasteiger charge is 2.22. The molecule has 0 aliphatic carbocycles. The normalized spacial score (nSPS) is 17.0. The number of nitrogens with two attached hydrogens (primary N) is 1. The Morgan fingerprint density at radius 3 is 2.90 bits per heavy atom. The van der Waals surface area contributed by atoms with Crippen molar-refractivity contribution in [2.75, 3.05) is 52.2 Å². The van der Waals surface area contributed by atoms with Crippen LogP contribution in [-0.4, -0.2) is 69.4 Å². The molecule has 2 rings (SSSR count). The number of methoxy groups -OCH3 is 1. The van der Waals surface area contributed by atoms with Crippen molar-refractivity contribution in [1.29, 1.82) is 0 Å². The third kappa shape index (κ3) is 7.38. The first-order valence-electron chi connectivity index (χ1n) is 9.85. The van der Waals surface area contributed by atoms with Gasteiger partial charge in [0.2, 0.25) is 0 Å². The minimum absolute atomic E-state index is 0.104. The maximum absolute atomic E-state index is 12.5. The van der Waals surface area contributed by atoms with Gasteiger partial charge in [-0.25, -0.2) is 0 Å². The van der Waals surface area contributed by atoms with Crippen LogP contribution in [0, 0.1) is 0 Å². The van der Waals surface area contributed by atoms with Gasteiger partial charge in [-0.3, -0.25) is 14.5 Å². The highest BCUT2D eigenvalue weighted by molar-refractivity contribution is 6.33. The second-order valence-electron chi connectivity index (χ2n) is 6.84. The molecular weight excluding hydrogens is 398 g/mol. The van der Waals surface area contributed by atoms with Gasteiger partial charge in [-0.05, 0) is 32.4 Å². The quantitative estimate of drug-likeness (QED) is 0.335. The van der Waals surface area contributed by atoms with Crippen molar-refractivity contribution >= 4 is 29.2 Å². The number of nitrogens with one attached hydrogen (secondary N) is 1. The smallest absolute Gasteiger partial charge is 0.305 e. The molecule has 0 aromatic heterocycles. The predicted octanol–water partition coefficient (Wildman–Crippen LogP) is 2.09. The molecule has 0 saturated carbocycles. The summed E-state index contributed by atoms with van der Waals surface area (Å²) in [6, 6.07) is 3.04. The lowest BCUT2D eigenvalue weighted by molar-refractivity contribution is -0.143. The summed E-state index contributed by atoms with van der Waals surface area (Å²) >= 11 is 6.03. The molecular formula is C20H30ClN3O5.